The molecule has 82 valence electrons. The van der Waals surface area contributed by atoms with Gasteiger partial charge in [0, 0.05) is 0 Å². The van der Waals surface area contributed by atoms with E-state index in [1.165, 1.54) is 44.7 Å². The quantitative estimate of drug-likeness (QED) is 0.406. The zero-order valence-electron chi connectivity index (χ0n) is 10.2. The molecule has 0 aliphatic carbocycles. The molecule has 0 atom stereocenters. The summed E-state index contributed by atoms with van der Waals surface area (Å²) in [5.74, 6) is 0. The van der Waals surface area contributed by atoms with Crippen molar-refractivity contribution < 1.29 is 0 Å². The molecule has 0 N–H and O–H groups in total. The Morgan fingerprint density at radius 1 is 0.769 bits per heavy atom. The molecule has 0 saturated heterocycles. The van der Waals surface area contributed by atoms with Crippen molar-refractivity contribution in [1.82, 2.24) is 0 Å². The number of hydrogen-bond donors (Lipinski definition) is 0. The molecule has 0 aromatic carbocycles. The van der Waals surface area contributed by atoms with E-state index >= 15 is 0 Å². The first-order chi connectivity index (χ1) is 6.12. The molecule has 0 radical (unpaired) electrons. The SMILES string of the molecule is CCCCCCCC[PH](C)(C)CC. The molecule has 0 saturated carbocycles. The Bertz CT molecular complexity index is 108. The normalized spacial score (nSPS) is 13.2. The van der Waals surface area contributed by atoms with Crippen LogP contribution in [0.5, 0.6) is 0 Å². The molecule has 1 heteroatoms. The summed E-state index contributed by atoms with van der Waals surface area (Å²) in [6, 6.07) is 0. The van der Waals surface area contributed by atoms with Gasteiger partial charge in [-0.1, -0.05) is 0 Å². The van der Waals surface area contributed by atoms with Gasteiger partial charge in [0.1, 0.15) is 0 Å². The van der Waals surface area contributed by atoms with Crippen molar-refractivity contribution in [3.8, 4) is 0 Å². The first-order valence-electron chi connectivity index (χ1n) is 6.12. The number of rotatable bonds is 8. The van der Waals surface area contributed by atoms with Gasteiger partial charge >= 0.3 is 85.3 Å². The van der Waals surface area contributed by atoms with E-state index in [2.05, 4.69) is 27.2 Å². The molecule has 0 bridgehead atoms. The predicted molar refractivity (Wildman–Crippen MR) is 68.9 cm³/mol. The fourth-order valence-electron chi connectivity index (χ4n) is 1.56. The minimum absolute atomic E-state index is 0.746. The van der Waals surface area contributed by atoms with Crippen LogP contribution in [-0.4, -0.2) is 25.7 Å². The molecule has 0 aliphatic rings. The Hall–Kier alpha value is 0.430. The molecular weight excluding hydrogens is 175 g/mol. The van der Waals surface area contributed by atoms with Crippen LogP contribution in [0.25, 0.3) is 0 Å². The van der Waals surface area contributed by atoms with Crippen LogP contribution in [0.15, 0.2) is 0 Å². The van der Waals surface area contributed by atoms with Gasteiger partial charge < -0.3 is 0 Å². The van der Waals surface area contributed by atoms with Gasteiger partial charge in [-0.25, -0.2) is 0 Å². The number of unbranched alkanes of at least 4 members (excludes halogenated alkanes) is 5. The third kappa shape index (κ3) is 8.75. The molecule has 0 aromatic heterocycles. The van der Waals surface area contributed by atoms with Crippen LogP contribution in [0.4, 0.5) is 0 Å². The molecule has 0 heterocycles. The third-order valence-corrected chi connectivity index (χ3v) is 6.79. The zero-order valence-corrected chi connectivity index (χ0v) is 11.2. The van der Waals surface area contributed by atoms with E-state index in [9.17, 15) is 0 Å². The van der Waals surface area contributed by atoms with Crippen molar-refractivity contribution in [2.45, 2.75) is 52.4 Å². The Morgan fingerprint density at radius 3 is 1.85 bits per heavy atom. The van der Waals surface area contributed by atoms with Gasteiger partial charge in [-0.2, -0.15) is 0 Å². The zero-order chi connectivity index (χ0) is 10.2. The standard InChI is InChI=1S/C12H29P/c1-5-7-8-9-10-11-12-13(3,4)6-2/h13H,5-12H2,1-4H3. The van der Waals surface area contributed by atoms with Crippen LogP contribution < -0.4 is 0 Å². The fraction of sp³-hybridized carbons (Fsp3) is 1.00. The molecule has 13 heavy (non-hydrogen) atoms. The van der Waals surface area contributed by atoms with Gasteiger partial charge in [0.25, 0.3) is 0 Å². The van der Waals surface area contributed by atoms with Gasteiger partial charge in [-0.05, 0) is 0 Å². The van der Waals surface area contributed by atoms with Crippen molar-refractivity contribution in [3.05, 3.63) is 0 Å². The van der Waals surface area contributed by atoms with Crippen molar-refractivity contribution in [3.63, 3.8) is 0 Å². The maximum atomic E-state index is 2.53. The summed E-state index contributed by atoms with van der Waals surface area (Å²) in [5, 5.41) is 0. The first kappa shape index (κ1) is 13.4. The van der Waals surface area contributed by atoms with Crippen LogP contribution in [0.1, 0.15) is 52.4 Å². The Balaban J connectivity index is 3.16. The summed E-state index contributed by atoms with van der Waals surface area (Å²) in [4.78, 5) is 0. The number of hydrogen-bond acceptors (Lipinski definition) is 0. The predicted octanol–water partition coefficient (Wildman–Crippen LogP) is 4.38. The van der Waals surface area contributed by atoms with E-state index in [4.69, 9.17) is 0 Å². The summed E-state index contributed by atoms with van der Waals surface area (Å²) in [6.07, 6.45) is 11.7. The molecule has 0 fully saturated rings. The first-order valence-corrected chi connectivity index (χ1v) is 9.54. The van der Waals surface area contributed by atoms with Crippen molar-refractivity contribution in [2.24, 2.45) is 0 Å². The fourth-order valence-corrected chi connectivity index (χ4v) is 3.12. The summed E-state index contributed by atoms with van der Waals surface area (Å²) >= 11 is 0. The maximum absolute atomic E-state index is 2.53. The molecule has 0 rings (SSSR count). The van der Waals surface area contributed by atoms with E-state index in [1.54, 1.807) is 6.16 Å². The summed E-state index contributed by atoms with van der Waals surface area (Å²) in [7, 11) is -0.746. The van der Waals surface area contributed by atoms with Gasteiger partial charge in [0.05, 0.1) is 0 Å². The summed E-state index contributed by atoms with van der Waals surface area (Å²) in [5.41, 5.74) is 0. The van der Waals surface area contributed by atoms with Crippen LogP contribution in [0, 0.1) is 0 Å². The van der Waals surface area contributed by atoms with E-state index in [1.807, 2.05) is 0 Å². The Kier molecular flexibility index (Phi) is 8.06. The summed E-state index contributed by atoms with van der Waals surface area (Å²) in [6.45, 7) is 9.70. The second kappa shape index (κ2) is 7.80. The molecule has 0 aliphatic heterocycles. The van der Waals surface area contributed by atoms with Gasteiger partial charge in [0.2, 0.25) is 0 Å². The Labute approximate surface area is 85.8 Å². The van der Waals surface area contributed by atoms with Crippen molar-refractivity contribution in [1.29, 1.82) is 0 Å². The second-order valence-corrected chi connectivity index (χ2v) is 10.6. The van der Waals surface area contributed by atoms with Crippen LogP contribution >= 0.6 is 7.26 Å². The van der Waals surface area contributed by atoms with Crippen LogP contribution in [-0.2, 0) is 0 Å². The average molecular weight is 204 g/mol. The molecule has 0 amide bonds. The van der Waals surface area contributed by atoms with E-state index in [-0.39, 0.29) is 0 Å². The molecule has 0 nitrogen and oxygen atoms in total. The topological polar surface area (TPSA) is 0 Å². The molecule has 0 aromatic rings. The third-order valence-electron chi connectivity index (χ3n) is 3.16. The van der Waals surface area contributed by atoms with Gasteiger partial charge in [-0.15, -0.1) is 0 Å². The average Bonchev–Trinajstić information content (AvgIpc) is 2.11. The van der Waals surface area contributed by atoms with Crippen molar-refractivity contribution in [2.75, 3.05) is 25.7 Å². The van der Waals surface area contributed by atoms with E-state index in [0.717, 1.165) is 0 Å². The van der Waals surface area contributed by atoms with Gasteiger partial charge in [0.15, 0.2) is 0 Å². The summed E-state index contributed by atoms with van der Waals surface area (Å²) < 4.78 is 0. The second-order valence-electron chi connectivity index (χ2n) is 5.04. The Morgan fingerprint density at radius 2 is 1.31 bits per heavy atom. The van der Waals surface area contributed by atoms with Gasteiger partial charge in [-0.3, -0.25) is 0 Å². The molecule has 0 spiro atoms. The van der Waals surface area contributed by atoms with Crippen LogP contribution in [0.2, 0.25) is 0 Å². The monoisotopic (exact) mass is 204 g/mol. The van der Waals surface area contributed by atoms with Crippen LogP contribution in [0.3, 0.4) is 0 Å². The molecule has 0 unspecified atom stereocenters. The van der Waals surface area contributed by atoms with E-state index in [0.29, 0.717) is 0 Å². The van der Waals surface area contributed by atoms with Crippen molar-refractivity contribution >= 4 is 7.26 Å². The minimum atomic E-state index is -0.746. The van der Waals surface area contributed by atoms with E-state index < -0.39 is 7.26 Å². The molecular formula is C12H29P.